The fourth-order valence-corrected chi connectivity index (χ4v) is 4.09. The van der Waals surface area contributed by atoms with Crippen molar-refractivity contribution in [3.05, 3.63) is 50.9 Å². The maximum atomic E-state index is 12.7. The van der Waals surface area contributed by atoms with Gasteiger partial charge in [-0.15, -0.1) is 11.3 Å². The molecule has 9 heteroatoms. The Morgan fingerprint density at radius 2 is 1.68 bits per heavy atom. The van der Waals surface area contributed by atoms with E-state index in [9.17, 15) is 19.2 Å². The first-order valence-corrected chi connectivity index (χ1v) is 10.6. The van der Waals surface area contributed by atoms with Gasteiger partial charge in [0.05, 0.1) is 25.2 Å². The van der Waals surface area contributed by atoms with Crippen molar-refractivity contribution >= 4 is 40.2 Å². The van der Waals surface area contributed by atoms with Crippen molar-refractivity contribution in [2.24, 2.45) is 0 Å². The number of hydrogen-bond donors (Lipinski definition) is 2. The molecule has 0 saturated carbocycles. The summed E-state index contributed by atoms with van der Waals surface area (Å²) in [5.41, 5.74) is 3.25. The normalized spacial score (nSPS) is 10.4. The zero-order chi connectivity index (χ0) is 23.1. The Bertz CT molecular complexity index is 1010. The molecule has 2 N–H and O–H groups in total. The predicted molar refractivity (Wildman–Crippen MR) is 118 cm³/mol. The molecule has 2 aromatic rings. The Morgan fingerprint density at radius 1 is 1.00 bits per heavy atom. The summed E-state index contributed by atoms with van der Waals surface area (Å²) in [6, 6.07) is 5.78. The summed E-state index contributed by atoms with van der Waals surface area (Å²) < 4.78 is 9.78. The second kappa shape index (κ2) is 10.7. The van der Waals surface area contributed by atoms with E-state index in [2.05, 4.69) is 10.6 Å². The molecule has 0 spiro atoms. The smallest absolute Gasteiger partial charge is 0.414 e. The summed E-state index contributed by atoms with van der Waals surface area (Å²) >= 11 is 0.929. The number of nitrogens with one attached hydrogen (secondary N) is 2. The molecule has 8 nitrogen and oxygen atoms in total. The number of alkyl carbamates (subject to hydrolysis) is 1. The fourth-order valence-electron chi connectivity index (χ4n) is 2.98. The molecule has 1 aromatic heterocycles. The van der Waals surface area contributed by atoms with E-state index < -0.39 is 18.0 Å². The van der Waals surface area contributed by atoms with Crippen molar-refractivity contribution in [3.63, 3.8) is 0 Å². The fraction of sp³-hybridized carbons (Fsp3) is 0.364. The van der Waals surface area contributed by atoms with E-state index in [-0.39, 0.29) is 41.0 Å². The number of amides is 3. The molecule has 0 fully saturated rings. The lowest BCUT2D eigenvalue weighted by molar-refractivity contribution is -0.115. The Balaban J connectivity index is 2.33. The molecule has 0 radical (unpaired) electrons. The molecule has 0 saturated heterocycles. The van der Waals surface area contributed by atoms with Gasteiger partial charge in [0.25, 0.3) is 5.91 Å². The third-order valence-electron chi connectivity index (χ3n) is 4.43. The first kappa shape index (κ1) is 24.1. The third kappa shape index (κ3) is 6.14. The molecule has 1 aromatic carbocycles. The second-order valence-corrected chi connectivity index (χ2v) is 7.83. The lowest BCUT2D eigenvalue weighted by Gasteiger charge is -2.09. The molecule has 3 amide bonds. The number of rotatable bonds is 7. The lowest BCUT2D eigenvalue weighted by Crippen LogP contribution is -2.32. The van der Waals surface area contributed by atoms with Crippen molar-refractivity contribution in [1.82, 2.24) is 5.32 Å². The van der Waals surface area contributed by atoms with Gasteiger partial charge in [0.2, 0.25) is 5.91 Å². The molecule has 0 aliphatic rings. The van der Waals surface area contributed by atoms with E-state index in [0.29, 0.717) is 5.56 Å². The SMILES string of the molecule is CCOC(=O)NC(=O)c1c(NC(=O)Cc2ccc(C)cc2C)sc(C(=O)OCC)c1C. The molecule has 0 aliphatic carbocycles. The summed E-state index contributed by atoms with van der Waals surface area (Å²) in [5, 5.41) is 4.97. The standard InChI is InChI=1S/C22H26N2O6S/c1-6-29-21(27)18-14(5)17(19(26)24-22(28)30-7-2)20(31-18)23-16(25)11-15-9-8-12(3)10-13(15)4/h8-10H,6-7,11H2,1-5H3,(H,23,25)(H,24,26,28). The van der Waals surface area contributed by atoms with Gasteiger partial charge in [-0.25, -0.2) is 9.59 Å². The number of aryl methyl sites for hydroxylation is 2. The van der Waals surface area contributed by atoms with Gasteiger partial charge in [0.15, 0.2) is 0 Å². The van der Waals surface area contributed by atoms with E-state index in [4.69, 9.17) is 9.47 Å². The number of carbonyl (C=O) groups excluding carboxylic acids is 4. The number of anilines is 1. The largest absolute Gasteiger partial charge is 0.462 e. The predicted octanol–water partition coefficient (Wildman–Crippen LogP) is 3.92. The van der Waals surface area contributed by atoms with Gasteiger partial charge in [-0.05, 0) is 51.3 Å². The highest BCUT2D eigenvalue weighted by atomic mass is 32.1. The molecule has 0 atom stereocenters. The molecule has 0 unspecified atom stereocenters. The van der Waals surface area contributed by atoms with Crippen LogP contribution >= 0.6 is 11.3 Å². The third-order valence-corrected chi connectivity index (χ3v) is 5.62. The average Bonchev–Trinajstić information content (AvgIpc) is 3.00. The zero-order valence-corrected chi connectivity index (χ0v) is 19.0. The Morgan fingerprint density at radius 3 is 2.29 bits per heavy atom. The number of esters is 1. The first-order valence-electron chi connectivity index (χ1n) is 9.82. The Kier molecular flexibility index (Phi) is 8.32. The minimum absolute atomic E-state index is 0.0232. The van der Waals surface area contributed by atoms with Crippen LogP contribution in [-0.2, 0) is 20.7 Å². The van der Waals surface area contributed by atoms with E-state index >= 15 is 0 Å². The summed E-state index contributed by atoms with van der Waals surface area (Å²) in [6.07, 6.45) is -0.820. The van der Waals surface area contributed by atoms with E-state index in [0.717, 1.165) is 28.0 Å². The highest BCUT2D eigenvalue weighted by Gasteiger charge is 2.27. The van der Waals surface area contributed by atoms with E-state index in [1.54, 1.807) is 20.8 Å². The highest BCUT2D eigenvalue weighted by molar-refractivity contribution is 7.18. The maximum Gasteiger partial charge on any atom is 0.414 e. The van der Waals surface area contributed by atoms with Gasteiger partial charge in [-0.3, -0.25) is 14.9 Å². The molecule has 1 heterocycles. The number of hydrogen-bond acceptors (Lipinski definition) is 7. The summed E-state index contributed by atoms with van der Waals surface area (Å²) in [5.74, 6) is -1.73. The van der Waals surface area contributed by atoms with Crippen LogP contribution in [0.1, 0.15) is 56.1 Å². The van der Waals surface area contributed by atoms with Crippen LogP contribution in [0, 0.1) is 20.8 Å². The van der Waals surface area contributed by atoms with E-state index in [1.165, 1.54) is 0 Å². The van der Waals surface area contributed by atoms with Crippen molar-refractivity contribution in [2.75, 3.05) is 18.5 Å². The number of imide groups is 1. The summed E-state index contributed by atoms with van der Waals surface area (Å²) in [6.45, 7) is 8.98. The topological polar surface area (TPSA) is 111 Å². The van der Waals surface area contributed by atoms with Gasteiger partial charge in [-0.1, -0.05) is 23.8 Å². The average molecular weight is 447 g/mol. The van der Waals surface area contributed by atoms with Crippen LogP contribution in [-0.4, -0.2) is 37.1 Å². The van der Waals surface area contributed by atoms with Crippen LogP contribution in [0.5, 0.6) is 0 Å². The van der Waals surface area contributed by atoms with Gasteiger partial charge < -0.3 is 14.8 Å². The van der Waals surface area contributed by atoms with Gasteiger partial charge in [0.1, 0.15) is 9.88 Å². The summed E-state index contributed by atoms with van der Waals surface area (Å²) in [7, 11) is 0. The molecule has 0 aliphatic heterocycles. The number of thiophene rings is 1. The van der Waals surface area contributed by atoms with Crippen LogP contribution in [0.3, 0.4) is 0 Å². The molecule has 31 heavy (non-hydrogen) atoms. The van der Waals surface area contributed by atoms with Crippen LogP contribution in [0.15, 0.2) is 18.2 Å². The Hall–Kier alpha value is -3.20. The molecular formula is C22H26N2O6S. The zero-order valence-electron chi connectivity index (χ0n) is 18.2. The van der Waals surface area contributed by atoms with Crippen LogP contribution in [0.25, 0.3) is 0 Å². The van der Waals surface area contributed by atoms with Crippen molar-refractivity contribution in [3.8, 4) is 0 Å². The number of ether oxygens (including phenoxy) is 2. The summed E-state index contributed by atoms with van der Waals surface area (Å²) in [4.78, 5) is 49.5. The second-order valence-electron chi connectivity index (χ2n) is 6.81. The first-order chi connectivity index (χ1) is 14.7. The van der Waals surface area contributed by atoms with Gasteiger partial charge in [-0.2, -0.15) is 0 Å². The van der Waals surface area contributed by atoms with Crippen LogP contribution in [0.2, 0.25) is 0 Å². The highest BCUT2D eigenvalue weighted by Crippen LogP contribution is 2.34. The molecular weight excluding hydrogens is 420 g/mol. The quantitative estimate of drug-likeness (QED) is 0.624. The number of carbonyl (C=O) groups is 4. The van der Waals surface area contributed by atoms with Crippen LogP contribution < -0.4 is 10.6 Å². The van der Waals surface area contributed by atoms with E-state index in [1.807, 2.05) is 32.0 Å². The van der Waals surface area contributed by atoms with Gasteiger partial charge in [0, 0.05) is 0 Å². The minimum Gasteiger partial charge on any atom is -0.462 e. The van der Waals surface area contributed by atoms with Crippen molar-refractivity contribution in [1.29, 1.82) is 0 Å². The molecule has 166 valence electrons. The molecule has 0 bridgehead atoms. The maximum absolute atomic E-state index is 12.7. The monoisotopic (exact) mass is 446 g/mol. The van der Waals surface area contributed by atoms with Gasteiger partial charge >= 0.3 is 12.1 Å². The minimum atomic E-state index is -0.914. The molecule has 2 rings (SSSR count). The van der Waals surface area contributed by atoms with Crippen molar-refractivity contribution in [2.45, 2.75) is 41.0 Å². The number of benzene rings is 1. The van der Waals surface area contributed by atoms with Crippen LogP contribution in [0.4, 0.5) is 9.80 Å². The lowest BCUT2D eigenvalue weighted by atomic mass is 10.0. The Labute approximate surface area is 184 Å². The van der Waals surface area contributed by atoms with Crippen molar-refractivity contribution < 1.29 is 28.7 Å².